The minimum Gasteiger partial charge on any atom is -0.481 e. The molecule has 4 rings (SSSR count). The number of carboxylic acids is 1. The number of aliphatic carboxylic acids is 1. The average Bonchev–Trinajstić information content (AvgIpc) is 2.84. The zero-order valence-corrected chi connectivity index (χ0v) is 15.3. The van der Waals surface area contributed by atoms with Gasteiger partial charge in [0.1, 0.15) is 0 Å². The molecule has 0 aromatic heterocycles. The molecular formula is C21H34O3. The van der Waals surface area contributed by atoms with E-state index in [1.165, 1.54) is 38.5 Å². The van der Waals surface area contributed by atoms with Gasteiger partial charge >= 0.3 is 5.97 Å². The lowest BCUT2D eigenvalue weighted by atomic mass is 9.44. The normalized spacial score (nSPS) is 53.8. The first-order valence-corrected chi connectivity index (χ1v) is 10.2. The largest absolute Gasteiger partial charge is 0.481 e. The third-order valence-corrected chi connectivity index (χ3v) is 9.26. The first kappa shape index (κ1) is 16.9. The van der Waals surface area contributed by atoms with E-state index in [1.54, 1.807) is 0 Å². The second kappa shape index (κ2) is 5.72. The molecule has 0 spiro atoms. The quantitative estimate of drug-likeness (QED) is 0.783. The Kier molecular flexibility index (Phi) is 4.02. The van der Waals surface area contributed by atoms with Crippen LogP contribution in [0.2, 0.25) is 0 Å². The van der Waals surface area contributed by atoms with Crippen LogP contribution in [0.5, 0.6) is 0 Å². The maximum absolute atomic E-state index is 11.3. The molecule has 0 heterocycles. The molecule has 0 bridgehead atoms. The number of carbonyl (C=O) groups is 1. The third-order valence-electron chi connectivity index (χ3n) is 9.26. The number of hydrogen-bond acceptors (Lipinski definition) is 2. The van der Waals surface area contributed by atoms with E-state index in [9.17, 15) is 15.0 Å². The summed E-state index contributed by atoms with van der Waals surface area (Å²) in [5.41, 5.74) is 0.686. The number of fused-ring (bicyclic) bond motifs is 5. The molecule has 0 amide bonds. The summed E-state index contributed by atoms with van der Waals surface area (Å²) in [7, 11) is 0. The smallest absolute Gasteiger partial charge is 0.303 e. The van der Waals surface area contributed by atoms with Crippen molar-refractivity contribution in [2.45, 2.75) is 84.2 Å². The van der Waals surface area contributed by atoms with E-state index in [1.807, 2.05) is 0 Å². The lowest BCUT2D eigenvalue weighted by Crippen LogP contribution is -2.54. The highest BCUT2D eigenvalue weighted by Gasteiger charge is 2.60. The summed E-state index contributed by atoms with van der Waals surface area (Å²) in [5.74, 6) is 2.85. The van der Waals surface area contributed by atoms with Gasteiger partial charge in [0.25, 0.3) is 0 Å². The van der Waals surface area contributed by atoms with E-state index in [0.29, 0.717) is 23.7 Å². The predicted octanol–water partition coefficient (Wildman–Crippen LogP) is 4.48. The monoisotopic (exact) mass is 334 g/mol. The first-order valence-electron chi connectivity index (χ1n) is 10.2. The summed E-state index contributed by atoms with van der Waals surface area (Å²) in [6.07, 6.45) is 11.0. The fourth-order valence-electron chi connectivity index (χ4n) is 7.89. The summed E-state index contributed by atoms with van der Waals surface area (Å²) in [6, 6.07) is 0. The van der Waals surface area contributed by atoms with Gasteiger partial charge in [-0.3, -0.25) is 4.79 Å². The van der Waals surface area contributed by atoms with Crippen molar-refractivity contribution in [2.24, 2.45) is 40.4 Å². The van der Waals surface area contributed by atoms with Crippen LogP contribution in [-0.2, 0) is 4.79 Å². The molecule has 136 valence electrons. The lowest BCUT2D eigenvalue weighted by Gasteiger charge is -2.61. The lowest BCUT2D eigenvalue weighted by molar-refractivity contribution is -0.143. The van der Waals surface area contributed by atoms with Gasteiger partial charge in [0.2, 0.25) is 0 Å². The Hall–Kier alpha value is -0.570. The Morgan fingerprint density at radius 1 is 0.958 bits per heavy atom. The molecule has 0 aromatic rings. The van der Waals surface area contributed by atoms with Crippen molar-refractivity contribution in [3.05, 3.63) is 0 Å². The second-order valence-corrected chi connectivity index (χ2v) is 10.0. The van der Waals surface area contributed by atoms with Gasteiger partial charge in [-0.15, -0.1) is 0 Å². The zero-order valence-electron chi connectivity index (χ0n) is 15.3. The molecule has 0 aliphatic heterocycles. The summed E-state index contributed by atoms with van der Waals surface area (Å²) in [4.78, 5) is 11.3. The highest BCUT2D eigenvalue weighted by atomic mass is 16.4. The van der Waals surface area contributed by atoms with Crippen LogP contribution in [0.4, 0.5) is 0 Å². The van der Waals surface area contributed by atoms with Gasteiger partial charge in [0.05, 0.1) is 6.10 Å². The van der Waals surface area contributed by atoms with Crippen LogP contribution in [-0.4, -0.2) is 22.3 Å². The van der Waals surface area contributed by atoms with Gasteiger partial charge in [-0.25, -0.2) is 0 Å². The van der Waals surface area contributed by atoms with Gasteiger partial charge in [-0.05, 0) is 98.2 Å². The van der Waals surface area contributed by atoms with Crippen molar-refractivity contribution in [3.63, 3.8) is 0 Å². The van der Waals surface area contributed by atoms with Crippen molar-refractivity contribution < 1.29 is 15.0 Å². The Balaban J connectivity index is 1.57. The van der Waals surface area contributed by atoms with E-state index in [2.05, 4.69) is 13.8 Å². The SMILES string of the molecule is CC12CCC3C(CCC4CC(O)CCC43C)C1CCC2CC(=O)O. The molecular weight excluding hydrogens is 300 g/mol. The van der Waals surface area contributed by atoms with E-state index >= 15 is 0 Å². The molecule has 3 nitrogen and oxygen atoms in total. The molecule has 0 radical (unpaired) electrons. The van der Waals surface area contributed by atoms with Gasteiger partial charge in [-0.2, -0.15) is 0 Å². The topological polar surface area (TPSA) is 57.5 Å². The Bertz CT molecular complexity index is 517. The van der Waals surface area contributed by atoms with Crippen molar-refractivity contribution in [1.82, 2.24) is 0 Å². The van der Waals surface area contributed by atoms with Gasteiger partial charge in [0.15, 0.2) is 0 Å². The molecule has 24 heavy (non-hydrogen) atoms. The van der Waals surface area contributed by atoms with E-state index < -0.39 is 5.97 Å². The molecule has 3 heteroatoms. The molecule has 4 fully saturated rings. The third kappa shape index (κ3) is 2.37. The summed E-state index contributed by atoms with van der Waals surface area (Å²) < 4.78 is 0. The highest BCUT2D eigenvalue weighted by molar-refractivity contribution is 5.67. The van der Waals surface area contributed by atoms with Gasteiger partial charge in [0, 0.05) is 6.42 Å². The van der Waals surface area contributed by atoms with Crippen molar-refractivity contribution in [1.29, 1.82) is 0 Å². The minimum absolute atomic E-state index is 0.0695. The molecule has 4 aliphatic carbocycles. The molecule has 4 aliphatic rings. The van der Waals surface area contributed by atoms with Crippen LogP contribution in [0.1, 0.15) is 78.1 Å². The van der Waals surface area contributed by atoms with Crippen molar-refractivity contribution >= 4 is 5.97 Å². The maximum atomic E-state index is 11.3. The molecule has 8 unspecified atom stereocenters. The fourth-order valence-corrected chi connectivity index (χ4v) is 7.89. The Morgan fingerprint density at radius 3 is 2.42 bits per heavy atom. The van der Waals surface area contributed by atoms with Crippen LogP contribution in [0, 0.1) is 40.4 Å². The van der Waals surface area contributed by atoms with Gasteiger partial charge in [-0.1, -0.05) is 13.8 Å². The first-order chi connectivity index (χ1) is 11.3. The standard InChI is InChI=1S/C21H34O3/c1-20-9-7-15(22)11-13(20)3-5-16-17-6-4-14(12-19(23)24)21(17,2)10-8-18(16)20/h13-18,22H,3-12H2,1-2H3,(H,23,24). The fraction of sp³-hybridized carbons (Fsp3) is 0.952. The summed E-state index contributed by atoms with van der Waals surface area (Å²) in [5, 5.41) is 19.4. The Morgan fingerprint density at radius 2 is 1.67 bits per heavy atom. The number of aliphatic hydroxyl groups excluding tert-OH is 1. The number of carboxylic acid groups (broad SMARTS) is 1. The minimum atomic E-state index is -0.610. The van der Waals surface area contributed by atoms with Crippen molar-refractivity contribution in [2.75, 3.05) is 0 Å². The van der Waals surface area contributed by atoms with Crippen LogP contribution in [0.15, 0.2) is 0 Å². The second-order valence-electron chi connectivity index (χ2n) is 10.0. The summed E-state index contributed by atoms with van der Waals surface area (Å²) >= 11 is 0. The molecule has 0 aromatic carbocycles. The maximum Gasteiger partial charge on any atom is 0.303 e. The predicted molar refractivity (Wildman–Crippen MR) is 93.5 cm³/mol. The van der Waals surface area contributed by atoms with Crippen LogP contribution in [0.25, 0.3) is 0 Å². The van der Waals surface area contributed by atoms with Crippen LogP contribution >= 0.6 is 0 Å². The molecule has 2 N–H and O–H groups in total. The van der Waals surface area contributed by atoms with E-state index in [-0.39, 0.29) is 11.5 Å². The number of aliphatic hydroxyl groups is 1. The Labute approximate surface area is 146 Å². The van der Waals surface area contributed by atoms with Crippen LogP contribution in [0.3, 0.4) is 0 Å². The van der Waals surface area contributed by atoms with E-state index in [0.717, 1.165) is 37.0 Å². The molecule has 0 saturated heterocycles. The average molecular weight is 335 g/mol. The van der Waals surface area contributed by atoms with E-state index in [4.69, 9.17) is 0 Å². The zero-order chi connectivity index (χ0) is 17.1. The van der Waals surface area contributed by atoms with Crippen LogP contribution < -0.4 is 0 Å². The molecule has 8 atom stereocenters. The highest BCUT2D eigenvalue weighted by Crippen LogP contribution is 2.67. The number of hydrogen-bond donors (Lipinski definition) is 2. The number of rotatable bonds is 2. The summed E-state index contributed by atoms with van der Waals surface area (Å²) in [6.45, 7) is 4.93. The van der Waals surface area contributed by atoms with Crippen molar-refractivity contribution in [3.8, 4) is 0 Å². The molecule has 4 saturated carbocycles. The van der Waals surface area contributed by atoms with Gasteiger partial charge < -0.3 is 10.2 Å².